The van der Waals surface area contributed by atoms with Gasteiger partial charge in [-0.15, -0.1) is 0 Å². The predicted molar refractivity (Wildman–Crippen MR) is 77.6 cm³/mol. The Bertz CT molecular complexity index is 458. The molecule has 1 heterocycles. The third kappa shape index (κ3) is 2.39. The van der Waals surface area contributed by atoms with Crippen molar-refractivity contribution in [2.24, 2.45) is 10.7 Å². The van der Waals surface area contributed by atoms with E-state index in [4.69, 9.17) is 10.5 Å². The van der Waals surface area contributed by atoms with Crippen LogP contribution in [0.2, 0.25) is 0 Å². The van der Waals surface area contributed by atoms with E-state index < -0.39 is 0 Å². The fourth-order valence-electron chi connectivity index (χ4n) is 3.32. The van der Waals surface area contributed by atoms with Crippen molar-refractivity contribution in [2.75, 3.05) is 19.7 Å². The van der Waals surface area contributed by atoms with Gasteiger partial charge in [-0.1, -0.05) is 31.4 Å². The molecule has 0 radical (unpaired) electrons. The zero-order valence-electron chi connectivity index (χ0n) is 11.4. The Labute approximate surface area is 114 Å². The number of ether oxygens (including phenoxy) is 1. The van der Waals surface area contributed by atoms with Crippen molar-refractivity contribution in [3.8, 4) is 0 Å². The Morgan fingerprint density at radius 2 is 1.84 bits per heavy atom. The summed E-state index contributed by atoms with van der Waals surface area (Å²) in [5.74, 6) is 0.789. The summed E-state index contributed by atoms with van der Waals surface area (Å²) >= 11 is 0. The van der Waals surface area contributed by atoms with E-state index in [0.717, 1.165) is 24.6 Å². The summed E-state index contributed by atoms with van der Waals surface area (Å²) in [6.07, 6.45) is 6.40. The average molecular weight is 258 g/mol. The first kappa shape index (κ1) is 12.7. The van der Waals surface area contributed by atoms with Crippen LogP contribution in [0, 0.1) is 0 Å². The first-order valence-electron chi connectivity index (χ1n) is 7.32. The van der Waals surface area contributed by atoms with Crippen LogP contribution in [0.3, 0.4) is 0 Å². The van der Waals surface area contributed by atoms with Crippen LogP contribution in [0.1, 0.15) is 43.2 Å². The topological polar surface area (TPSA) is 47.6 Å². The number of benzene rings is 1. The second-order valence-electron chi connectivity index (χ2n) is 5.66. The molecule has 19 heavy (non-hydrogen) atoms. The highest BCUT2D eigenvalue weighted by molar-refractivity contribution is 5.94. The molecule has 3 rings (SSSR count). The van der Waals surface area contributed by atoms with Gasteiger partial charge < -0.3 is 10.5 Å². The molecule has 3 heteroatoms. The van der Waals surface area contributed by atoms with Crippen LogP contribution >= 0.6 is 0 Å². The maximum atomic E-state index is 6.08. The second-order valence-corrected chi connectivity index (χ2v) is 5.66. The van der Waals surface area contributed by atoms with Crippen LogP contribution in [0.25, 0.3) is 0 Å². The van der Waals surface area contributed by atoms with E-state index in [-0.39, 0.29) is 5.41 Å². The summed E-state index contributed by atoms with van der Waals surface area (Å²) in [5, 5.41) is 0. The van der Waals surface area contributed by atoms with E-state index in [1.807, 2.05) is 0 Å². The molecule has 1 aliphatic carbocycles. The molecule has 0 aromatic heterocycles. The van der Waals surface area contributed by atoms with Gasteiger partial charge in [-0.25, -0.2) is 4.99 Å². The van der Waals surface area contributed by atoms with E-state index >= 15 is 0 Å². The van der Waals surface area contributed by atoms with Gasteiger partial charge in [0.15, 0.2) is 0 Å². The van der Waals surface area contributed by atoms with Gasteiger partial charge >= 0.3 is 0 Å². The molecule has 1 aromatic carbocycles. The van der Waals surface area contributed by atoms with Crippen LogP contribution in [-0.4, -0.2) is 25.6 Å². The molecule has 0 saturated heterocycles. The summed E-state index contributed by atoms with van der Waals surface area (Å²) in [7, 11) is 0. The lowest BCUT2D eigenvalue weighted by Crippen LogP contribution is -2.37. The van der Waals surface area contributed by atoms with E-state index in [2.05, 4.69) is 29.3 Å². The van der Waals surface area contributed by atoms with Crippen molar-refractivity contribution in [3.05, 3.63) is 35.4 Å². The van der Waals surface area contributed by atoms with Crippen LogP contribution in [0.4, 0.5) is 0 Å². The lowest BCUT2D eigenvalue weighted by Gasteiger charge is -2.37. The minimum absolute atomic E-state index is 0.203. The zero-order chi connectivity index (χ0) is 13.1. The highest BCUT2D eigenvalue weighted by Crippen LogP contribution is 2.38. The van der Waals surface area contributed by atoms with Crippen LogP contribution in [0.5, 0.6) is 0 Å². The number of hydrogen-bond donors (Lipinski definition) is 1. The van der Waals surface area contributed by atoms with Crippen molar-refractivity contribution >= 4 is 5.90 Å². The minimum Gasteiger partial charge on any atom is -0.476 e. The van der Waals surface area contributed by atoms with Crippen molar-refractivity contribution in [2.45, 2.75) is 37.5 Å². The van der Waals surface area contributed by atoms with Gasteiger partial charge in [-0.3, -0.25) is 0 Å². The first-order chi connectivity index (χ1) is 9.34. The smallest absolute Gasteiger partial charge is 0.216 e. The Morgan fingerprint density at radius 3 is 2.42 bits per heavy atom. The molecule has 102 valence electrons. The van der Waals surface area contributed by atoms with E-state index in [1.54, 1.807) is 0 Å². The standard InChI is InChI=1S/C16H22N2O/c17-12-16(8-2-1-3-9-16)14-6-4-13(5-7-14)15-18-10-11-19-15/h4-7H,1-3,8-12,17H2. The van der Waals surface area contributed by atoms with Crippen molar-refractivity contribution in [1.29, 1.82) is 0 Å². The molecular formula is C16H22N2O. The van der Waals surface area contributed by atoms with Crippen LogP contribution in [-0.2, 0) is 10.2 Å². The number of nitrogens with two attached hydrogens (primary N) is 1. The van der Waals surface area contributed by atoms with Crippen molar-refractivity contribution in [1.82, 2.24) is 0 Å². The van der Waals surface area contributed by atoms with E-state index in [9.17, 15) is 0 Å². The molecule has 2 N–H and O–H groups in total. The molecule has 1 aromatic rings. The lowest BCUT2D eigenvalue weighted by atomic mass is 9.69. The SMILES string of the molecule is NCC1(c2ccc(C3=NCCO3)cc2)CCCCC1. The van der Waals surface area contributed by atoms with Gasteiger partial charge in [-0.2, -0.15) is 0 Å². The summed E-state index contributed by atoms with van der Waals surface area (Å²) in [4.78, 5) is 4.36. The molecule has 0 atom stereocenters. The quantitative estimate of drug-likeness (QED) is 0.906. The summed E-state index contributed by atoms with van der Waals surface area (Å²) < 4.78 is 5.50. The molecule has 2 aliphatic rings. The minimum atomic E-state index is 0.203. The first-order valence-corrected chi connectivity index (χ1v) is 7.32. The second kappa shape index (κ2) is 5.33. The van der Waals surface area contributed by atoms with Crippen molar-refractivity contribution < 1.29 is 4.74 Å². The molecule has 0 amide bonds. The molecule has 0 unspecified atom stereocenters. The van der Waals surface area contributed by atoms with Gasteiger partial charge in [0.1, 0.15) is 6.61 Å². The third-order valence-corrected chi connectivity index (χ3v) is 4.53. The number of aliphatic imine (C=N–C) groups is 1. The van der Waals surface area contributed by atoms with Gasteiger partial charge in [0.2, 0.25) is 5.90 Å². The average Bonchev–Trinajstić information content (AvgIpc) is 3.02. The molecule has 1 saturated carbocycles. The van der Waals surface area contributed by atoms with Crippen LogP contribution < -0.4 is 5.73 Å². The number of rotatable bonds is 3. The molecule has 1 aliphatic heterocycles. The Kier molecular flexibility index (Phi) is 3.56. The Morgan fingerprint density at radius 1 is 1.11 bits per heavy atom. The summed E-state index contributed by atoms with van der Waals surface area (Å²) in [6, 6.07) is 8.70. The van der Waals surface area contributed by atoms with Gasteiger partial charge in [0, 0.05) is 17.5 Å². The molecule has 3 nitrogen and oxygen atoms in total. The molecule has 1 fully saturated rings. The Hall–Kier alpha value is -1.35. The highest BCUT2D eigenvalue weighted by Gasteiger charge is 2.32. The fraction of sp³-hybridized carbons (Fsp3) is 0.562. The van der Waals surface area contributed by atoms with Crippen LogP contribution in [0.15, 0.2) is 29.3 Å². The summed E-state index contributed by atoms with van der Waals surface area (Å²) in [6.45, 7) is 2.25. The lowest BCUT2D eigenvalue weighted by molar-refractivity contribution is 0.301. The Balaban J connectivity index is 1.84. The molecule has 0 bridgehead atoms. The molecule has 0 spiro atoms. The number of hydrogen-bond acceptors (Lipinski definition) is 3. The maximum Gasteiger partial charge on any atom is 0.216 e. The van der Waals surface area contributed by atoms with Gasteiger partial charge in [-0.05, 0) is 30.5 Å². The normalized spacial score (nSPS) is 21.8. The monoisotopic (exact) mass is 258 g/mol. The zero-order valence-corrected chi connectivity index (χ0v) is 11.4. The largest absolute Gasteiger partial charge is 0.476 e. The highest BCUT2D eigenvalue weighted by atomic mass is 16.5. The van der Waals surface area contributed by atoms with E-state index in [1.165, 1.54) is 37.7 Å². The van der Waals surface area contributed by atoms with Crippen molar-refractivity contribution in [3.63, 3.8) is 0 Å². The van der Waals surface area contributed by atoms with Gasteiger partial charge in [0.05, 0.1) is 6.54 Å². The maximum absolute atomic E-state index is 6.08. The van der Waals surface area contributed by atoms with E-state index in [0.29, 0.717) is 6.61 Å². The number of nitrogens with zero attached hydrogens (tertiary/aromatic N) is 1. The van der Waals surface area contributed by atoms with Gasteiger partial charge in [0.25, 0.3) is 0 Å². The summed E-state index contributed by atoms with van der Waals surface area (Å²) in [5.41, 5.74) is 8.76. The fourth-order valence-corrected chi connectivity index (χ4v) is 3.32. The predicted octanol–water partition coefficient (Wildman–Crippen LogP) is 2.62. The third-order valence-electron chi connectivity index (χ3n) is 4.53. The molecular weight excluding hydrogens is 236 g/mol.